The lowest BCUT2D eigenvalue weighted by Gasteiger charge is -2.14. The van der Waals surface area contributed by atoms with E-state index in [1.54, 1.807) is 6.20 Å². The van der Waals surface area contributed by atoms with Crippen LogP contribution >= 0.6 is 11.3 Å². The molecule has 25 heavy (non-hydrogen) atoms. The van der Waals surface area contributed by atoms with Gasteiger partial charge in [-0.25, -0.2) is 13.8 Å². The minimum atomic E-state index is -2.62. The van der Waals surface area contributed by atoms with Crippen LogP contribution in [0.3, 0.4) is 0 Å². The molecule has 0 aromatic carbocycles. The fourth-order valence-electron chi connectivity index (χ4n) is 2.40. The summed E-state index contributed by atoms with van der Waals surface area (Å²) in [5, 5.41) is 3.88. The van der Waals surface area contributed by atoms with E-state index in [0.29, 0.717) is 23.5 Å². The van der Waals surface area contributed by atoms with Gasteiger partial charge >= 0.3 is 0 Å². The molecule has 0 saturated heterocycles. The van der Waals surface area contributed by atoms with Crippen LogP contribution in [-0.4, -0.2) is 44.2 Å². The molecule has 0 aliphatic rings. The summed E-state index contributed by atoms with van der Waals surface area (Å²) in [5.41, 5.74) is 1.59. The first kappa shape index (κ1) is 19.2. The highest BCUT2D eigenvalue weighted by Crippen LogP contribution is 2.38. The van der Waals surface area contributed by atoms with E-state index in [4.69, 9.17) is 0 Å². The summed E-state index contributed by atoms with van der Waals surface area (Å²) in [4.78, 5) is 23.0. The van der Waals surface area contributed by atoms with E-state index in [9.17, 15) is 13.6 Å². The Morgan fingerprint density at radius 2 is 2.20 bits per heavy atom. The Balaban J connectivity index is 2.12. The van der Waals surface area contributed by atoms with Gasteiger partial charge < -0.3 is 10.2 Å². The van der Waals surface area contributed by atoms with Gasteiger partial charge in [0.1, 0.15) is 4.83 Å². The average molecular weight is 368 g/mol. The third kappa shape index (κ3) is 4.72. The van der Waals surface area contributed by atoms with E-state index >= 15 is 0 Å². The highest BCUT2D eigenvalue weighted by Gasteiger charge is 2.24. The zero-order valence-electron chi connectivity index (χ0n) is 14.6. The summed E-state index contributed by atoms with van der Waals surface area (Å²) in [6.07, 6.45) is 3.94. The molecule has 136 valence electrons. The minimum Gasteiger partial charge on any atom is -0.377 e. The number of alkyl halides is 2. The van der Waals surface area contributed by atoms with Crippen molar-refractivity contribution in [3.63, 3.8) is 0 Å². The van der Waals surface area contributed by atoms with E-state index in [-0.39, 0.29) is 12.8 Å². The number of fused-ring (bicyclic) bond motifs is 1. The number of anilines is 2. The summed E-state index contributed by atoms with van der Waals surface area (Å²) in [6, 6.07) is 1.87. The maximum absolute atomic E-state index is 13.2. The highest BCUT2D eigenvalue weighted by molar-refractivity contribution is 7.21. The van der Waals surface area contributed by atoms with Crippen molar-refractivity contribution < 1.29 is 13.6 Å². The molecule has 0 bridgehead atoms. The Kier molecular flexibility index (Phi) is 6.41. The number of thiophene rings is 1. The summed E-state index contributed by atoms with van der Waals surface area (Å²) in [5.74, 6) is -2.62. The van der Waals surface area contributed by atoms with Crippen molar-refractivity contribution >= 4 is 45.6 Å². The van der Waals surface area contributed by atoms with Crippen LogP contribution in [0.25, 0.3) is 10.2 Å². The molecule has 0 spiro atoms. The Morgan fingerprint density at radius 3 is 2.84 bits per heavy atom. The molecule has 0 radical (unpaired) electrons. The second kappa shape index (κ2) is 8.33. The van der Waals surface area contributed by atoms with E-state index in [0.717, 1.165) is 22.2 Å². The monoisotopic (exact) mass is 368 g/mol. The first-order valence-corrected chi connectivity index (χ1v) is 8.88. The van der Waals surface area contributed by atoms with Gasteiger partial charge in [0.05, 0.1) is 28.0 Å². The van der Waals surface area contributed by atoms with Crippen LogP contribution in [-0.2, 0) is 0 Å². The number of hydrogen-bond donors (Lipinski definition) is 1. The molecular weight excluding hydrogens is 346 g/mol. The highest BCUT2D eigenvalue weighted by atomic mass is 32.1. The van der Waals surface area contributed by atoms with E-state index < -0.39 is 5.92 Å². The standard InChI is InChI=1S/C17H22F2N4OS/c1-4-17(18,19)7-5-8-20-11-22-15-13(10-24)25-16-14(15)12(23(2)3)6-9-21-16/h6,9-11H,4-5,7-8H2,1-3H3,(H,20,22). The number of carbonyl (C=O) groups is 1. The SMILES string of the molecule is CCC(F)(F)CCCN=CNc1c(C=O)sc2nccc(N(C)C)c12. The van der Waals surface area contributed by atoms with Gasteiger partial charge in [-0.2, -0.15) is 0 Å². The fourth-order valence-corrected chi connectivity index (χ4v) is 3.34. The van der Waals surface area contributed by atoms with Crippen LogP contribution < -0.4 is 10.2 Å². The molecule has 0 fully saturated rings. The van der Waals surface area contributed by atoms with Crippen molar-refractivity contribution in [3.8, 4) is 0 Å². The van der Waals surface area contributed by atoms with Gasteiger partial charge in [-0.05, 0) is 12.5 Å². The largest absolute Gasteiger partial charge is 0.377 e. The quantitative estimate of drug-likeness (QED) is 0.308. The van der Waals surface area contributed by atoms with Crippen molar-refractivity contribution in [2.75, 3.05) is 30.9 Å². The lowest BCUT2D eigenvalue weighted by Crippen LogP contribution is -2.14. The first-order chi connectivity index (χ1) is 11.9. The van der Waals surface area contributed by atoms with Gasteiger partial charge in [0.2, 0.25) is 5.92 Å². The molecule has 0 unspecified atom stereocenters. The van der Waals surface area contributed by atoms with Gasteiger partial charge in [0.15, 0.2) is 6.29 Å². The second-order valence-electron chi connectivity index (χ2n) is 5.86. The minimum absolute atomic E-state index is 0.154. The van der Waals surface area contributed by atoms with Gasteiger partial charge in [-0.3, -0.25) is 9.79 Å². The molecule has 2 aromatic heterocycles. The number of nitrogens with zero attached hydrogens (tertiary/aromatic N) is 3. The second-order valence-corrected chi connectivity index (χ2v) is 6.89. The van der Waals surface area contributed by atoms with E-state index in [2.05, 4.69) is 15.3 Å². The molecule has 5 nitrogen and oxygen atoms in total. The van der Waals surface area contributed by atoms with Crippen molar-refractivity contribution in [1.29, 1.82) is 0 Å². The first-order valence-electron chi connectivity index (χ1n) is 8.06. The smallest absolute Gasteiger partial charge is 0.248 e. The van der Waals surface area contributed by atoms with Crippen molar-refractivity contribution in [2.45, 2.75) is 32.1 Å². The third-order valence-corrected chi connectivity index (χ3v) is 4.86. The number of aliphatic imine (C=N–C) groups is 1. The van der Waals surface area contributed by atoms with Gasteiger partial charge in [0, 0.05) is 39.7 Å². The van der Waals surface area contributed by atoms with Crippen molar-refractivity contribution in [2.24, 2.45) is 4.99 Å². The zero-order chi connectivity index (χ0) is 18.4. The van der Waals surface area contributed by atoms with Crippen LogP contribution in [0.2, 0.25) is 0 Å². The molecule has 0 aliphatic heterocycles. The molecule has 0 amide bonds. The molecule has 0 atom stereocenters. The molecular formula is C17H22F2N4OS. The number of rotatable bonds is 9. The lowest BCUT2D eigenvalue weighted by atomic mass is 10.1. The zero-order valence-corrected chi connectivity index (χ0v) is 15.4. The Hall–Kier alpha value is -2.09. The topological polar surface area (TPSA) is 57.6 Å². The van der Waals surface area contributed by atoms with Crippen LogP contribution in [0.15, 0.2) is 17.3 Å². The normalized spacial score (nSPS) is 12.0. The Morgan fingerprint density at radius 1 is 1.44 bits per heavy atom. The van der Waals surface area contributed by atoms with E-state index in [1.807, 2.05) is 25.1 Å². The number of hydrogen-bond acceptors (Lipinski definition) is 5. The summed E-state index contributed by atoms with van der Waals surface area (Å²) in [6.45, 7) is 1.78. The molecule has 8 heteroatoms. The van der Waals surface area contributed by atoms with Crippen molar-refractivity contribution in [1.82, 2.24) is 4.98 Å². The number of halogens is 2. The predicted octanol–water partition coefficient (Wildman–Crippen LogP) is 4.44. The van der Waals surface area contributed by atoms with Gasteiger partial charge in [0.25, 0.3) is 0 Å². The Labute approximate surface area is 149 Å². The lowest BCUT2D eigenvalue weighted by molar-refractivity contribution is -0.0125. The maximum Gasteiger partial charge on any atom is 0.248 e. The van der Waals surface area contributed by atoms with Crippen LogP contribution in [0.5, 0.6) is 0 Å². The van der Waals surface area contributed by atoms with Crippen LogP contribution in [0, 0.1) is 0 Å². The summed E-state index contributed by atoms with van der Waals surface area (Å²) < 4.78 is 26.3. The summed E-state index contributed by atoms with van der Waals surface area (Å²) in [7, 11) is 3.83. The van der Waals surface area contributed by atoms with Gasteiger partial charge in [-0.15, -0.1) is 11.3 Å². The van der Waals surface area contributed by atoms with E-state index in [1.165, 1.54) is 24.6 Å². The number of nitrogens with one attached hydrogen (secondary N) is 1. The number of pyridine rings is 1. The molecule has 1 N–H and O–H groups in total. The van der Waals surface area contributed by atoms with Crippen molar-refractivity contribution in [3.05, 3.63) is 17.1 Å². The third-order valence-electron chi connectivity index (χ3n) is 3.83. The number of carbonyl (C=O) groups excluding carboxylic acids is 1. The molecule has 0 aliphatic carbocycles. The average Bonchev–Trinajstić information content (AvgIpc) is 2.95. The predicted molar refractivity (Wildman–Crippen MR) is 101 cm³/mol. The maximum atomic E-state index is 13.2. The molecule has 2 aromatic rings. The van der Waals surface area contributed by atoms with Gasteiger partial charge in [-0.1, -0.05) is 6.92 Å². The number of aromatic nitrogens is 1. The molecule has 2 rings (SSSR count). The number of aldehydes is 1. The molecule has 2 heterocycles. The fraction of sp³-hybridized carbons (Fsp3) is 0.471. The Bertz CT molecular complexity index is 758. The summed E-state index contributed by atoms with van der Waals surface area (Å²) >= 11 is 1.30. The van der Waals surface area contributed by atoms with Crippen LogP contribution in [0.1, 0.15) is 35.9 Å². The van der Waals surface area contributed by atoms with Crippen LogP contribution in [0.4, 0.5) is 20.2 Å². The molecule has 0 saturated carbocycles.